The SMILES string of the molecule is CN1C=C2C(=O)N(C3CCN(C(=O)C(NC(=O)Nc4ccc(Cl)nc4)c4ccccc4)CC3)CN2C1. The summed E-state index contributed by atoms with van der Waals surface area (Å²) >= 11 is 5.81. The molecule has 0 aliphatic carbocycles. The number of pyridine rings is 1. The van der Waals surface area contributed by atoms with E-state index in [4.69, 9.17) is 11.6 Å². The van der Waals surface area contributed by atoms with E-state index < -0.39 is 12.1 Å². The van der Waals surface area contributed by atoms with Crippen molar-refractivity contribution in [3.8, 4) is 0 Å². The standard InChI is InChI=1S/C25H28ClN7O3/c1-30-14-20-23(34)33(16-32(20)15-30)19-9-11-31(12-10-19)24(35)22(17-5-3-2-4-6-17)29-25(36)28-18-7-8-21(26)27-13-18/h2-8,13-14,19,22H,9-12,15-16H2,1H3,(H2,28,29,36). The number of carbonyl (C=O) groups is 3. The Kier molecular flexibility index (Phi) is 6.69. The summed E-state index contributed by atoms with van der Waals surface area (Å²) in [6.45, 7) is 2.33. The van der Waals surface area contributed by atoms with Gasteiger partial charge in [-0.25, -0.2) is 9.78 Å². The van der Waals surface area contributed by atoms with Crippen LogP contribution in [0.3, 0.4) is 0 Å². The molecule has 4 amide bonds. The molecule has 1 atom stereocenters. The van der Waals surface area contributed by atoms with Crippen LogP contribution in [0, 0.1) is 0 Å². The largest absolute Gasteiger partial charge is 0.361 e. The first-order valence-corrected chi connectivity index (χ1v) is 12.3. The van der Waals surface area contributed by atoms with Crippen LogP contribution >= 0.6 is 11.6 Å². The van der Waals surface area contributed by atoms with Gasteiger partial charge in [-0.2, -0.15) is 0 Å². The van der Waals surface area contributed by atoms with Gasteiger partial charge in [-0.15, -0.1) is 0 Å². The number of aromatic nitrogens is 1. The molecule has 5 rings (SSSR count). The first-order valence-electron chi connectivity index (χ1n) is 11.9. The molecule has 1 unspecified atom stereocenters. The lowest BCUT2D eigenvalue weighted by Crippen LogP contribution is -2.51. The van der Waals surface area contributed by atoms with E-state index in [9.17, 15) is 14.4 Å². The average Bonchev–Trinajstić information content (AvgIpc) is 3.40. The van der Waals surface area contributed by atoms with Crippen LogP contribution in [0.5, 0.6) is 0 Å². The highest BCUT2D eigenvalue weighted by atomic mass is 35.5. The summed E-state index contributed by atoms with van der Waals surface area (Å²) in [5.74, 6) is -0.122. The third-order valence-corrected chi connectivity index (χ3v) is 6.96. The van der Waals surface area contributed by atoms with E-state index in [2.05, 4.69) is 20.5 Å². The second kappa shape index (κ2) is 10.1. The van der Waals surface area contributed by atoms with Crippen molar-refractivity contribution in [2.24, 2.45) is 0 Å². The smallest absolute Gasteiger partial charge is 0.320 e. The molecule has 0 spiro atoms. The molecule has 3 aliphatic rings. The van der Waals surface area contributed by atoms with Crippen LogP contribution in [0.1, 0.15) is 24.4 Å². The number of amides is 4. The van der Waals surface area contributed by atoms with Crippen LogP contribution in [0.4, 0.5) is 10.5 Å². The molecule has 188 valence electrons. The summed E-state index contributed by atoms with van der Waals surface area (Å²) in [6, 6.07) is 11.1. The molecule has 4 heterocycles. The lowest BCUT2D eigenvalue weighted by molar-refractivity contribution is -0.135. The molecule has 0 bridgehead atoms. The van der Waals surface area contributed by atoms with Gasteiger partial charge in [0.2, 0.25) is 5.91 Å². The molecule has 11 heteroatoms. The fourth-order valence-corrected chi connectivity index (χ4v) is 5.04. The minimum Gasteiger partial charge on any atom is -0.361 e. The molecule has 0 saturated carbocycles. The third kappa shape index (κ3) is 4.94. The molecule has 36 heavy (non-hydrogen) atoms. The van der Waals surface area contributed by atoms with Crippen molar-refractivity contribution in [3.05, 3.63) is 71.3 Å². The summed E-state index contributed by atoms with van der Waals surface area (Å²) in [5.41, 5.74) is 1.90. The van der Waals surface area contributed by atoms with E-state index in [0.717, 1.165) is 5.70 Å². The third-order valence-electron chi connectivity index (χ3n) is 6.74. The molecule has 2 fully saturated rings. The monoisotopic (exact) mass is 509 g/mol. The molecule has 2 aromatic rings. The highest BCUT2D eigenvalue weighted by molar-refractivity contribution is 6.29. The second-order valence-electron chi connectivity index (χ2n) is 9.24. The molecular weight excluding hydrogens is 482 g/mol. The van der Waals surface area contributed by atoms with Crippen LogP contribution in [0.2, 0.25) is 5.15 Å². The van der Waals surface area contributed by atoms with E-state index in [1.807, 2.05) is 53.4 Å². The van der Waals surface area contributed by atoms with Crippen molar-refractivity contribution < 1.29 is 14.4 Å². The fourth-order valence-electron chi connectivity index (χ4n) is 4.93. The number of fused-ring (bicyclic) bond motifs is 1. The van der Waals surface area contributed by atoms with Crippen LogP contribution < -0.4 is 10.6 Å². The molecule has 3 aliphatic heterocycles. The van der Waals surface area contributed by atoms with Crippen LogP contribution in [0.15, 0.2) is 60.6 Å². The lowest BCUT2D eigenvalue weighted by atomic mass is 10.0. The number of nitrogens with one attached hydrogen (secondary N) is 2. The first kappa shape index (κ1) is 23.9. The predicted octanol–water partition coefficient (Wildman–Crippen LogP) is 2.43. The Morgan fingerprint density at radius 2 is 1.83 bits per heavy atom. The number of hydrogen-bond donors (Lipinski definition) is 2. The highest BCUT2D eigenvalue weighted by Crippen LogP contribution is 2.29. The van der Waals surface area contributed by atoms with Gasteiger partial charge in [-0.1, -0.05) is 41.9 Å². The molecule has 2 saturated heterocycles. The quantitative estimate of drug-likeness (QED) is 0.600. The zero-order valence-electron chi connectivity index (χ0n) is 19.9. The summed E-state index contributed by atoms with van der Waals surface area (Å²) in [4.78, 5) is 50.9. The zero-order valence-corrected chi connectivity index (χ0v) is 20.7. The lowest BCUT2D eigenvalue weighted by Gasteiger charge is -2.38. The molecule has 1 aromatic carbocycles. The minimum atomic E-state index is -0.845. The number of rotatable bonds is 5. The van der Waals surface area contributed by atoms with Gasteiger partial charge >= 0.3 is 6.03 Å². The van der Waals surface area contributed by atoms with E-state index in [1.165, 1.54) is 6.20 Å². The Labute approximate surface area is 214 Å². The molecule has 0 radical (unpaired) electrons. The maximum atomic E-state index is 13.6. The molecule has 1 aromatic heterocycles. The van der Waals surface area contributed by atoms with E-state index >= 15 is 0 Å². The molecule has 2 N–H and O–H groups in total. The summed E-state index contributed by atoms with van der Waals surface area (Å²) in [5, 5.41) is 5.83. The molecular formula is C25H28ClN7O3. The van der Waals surface area contributed by atoms with Crippen LogP contribution in [-0.2, 0) is 9.59 Å². The summed E-state index contributed by atoms with van der Waals surface area (Å²) in [7, 11) is 1.96. The van der Waals surface area contributed by atoms with E-state index in [0.29, 0.717) is 55.7 Å². The maximum Gasteiger partial charge on any atom is 0.320 e. The van der Waals surface area contributed by atoms with Crippen molar-refractivity contribution >= 4 is 35.1 Å². The van der Waals surface area contributed by atoms with E-state index in [-0.39, 0.29) is 17.9 Å². The normalized spacial score (nSPS) is 18.7. The fraction of sp³-hybridized carbons (Fsp3) is 0.360. The van der Waals surface area contributed by atoms with Crippen molar-refractivity contribution in [3.63, 3.8) is 0 Å². The van der Waals surface area contributed by atoms with Crippen molar-refractivity contribution in [2.45, 2.75) is 24.9 Å². The van der Waals surface area contributed by atoms with Gasteiger partial charge in [0.25, 0.3) is 5.91 Å². The van der Waals surface area contributed by atoms with Gasteiger partial charge in [0.05, 0.1) is 25.2 Å². The number of carbonyl (C=O) groups excluding carboxylic acids is 3. The van der Waals surface area contributed by atoms with Gasteiger partial charge in [0.1, 0.15) is 16.9 Å². The van der Waals surface area contributed by atoms with Crippen LogP contribution in [-0.4, -0.2) is 81.9 Å². The number of piperidine rings is 1. The highest BCUT2D eigenvalue weighted by Gasteiger charge is 2.41. The van der Waals surface area contributed by atoms with Gasteiger partial charge < -0.3 is 30.2 Å². The number of likely N-dealkylation sites (tertiary alicyclic amines) is 1. The van der Waals surface area contributed by atoms with Gasteiger partial charge in [0, 0.05) is 32.4 Å². The maximum absolute atomic E-state index is 13.6. The van der Waals surface area contributed by atoms with Crippen molar-refractivity contribution in [2.75, 3.05) is 38.8 Å². The number of anilines is 1. The predicted molar refractivity (Wildman–Crippen MR) is 134 cm³/mol. The Bertz CT molecular complexity index is 1170. The average molecular weight is 510 g/mol. The van der Waals surface area contributed by atoms with Crippen molar-refractivity contribution in [1.29, 1.82) is 0 Å². The Morgan fingerprint density at radius 3 is 2.50 bits per heavy atom. The van der Waals surface area contributed by atoms with Gasteiger partial charge in [0.15, 0.2) is 0 Å². The van der Waals surface area contributed by atoms with Gasteiger partial charge in [-0.05, 0) is 30.5 Å². The number of urea groups is 1. The number of nitrogens with zero attached hydrogens (tertiary/aromatic N) is 5. The summed E-state index contributed by atoms with van der Waals surface area (Å²) < 4.78 is 0. The topological polar surface area (TPSA) is 101 Å². The Hall–Kier alpha value is -3.79. The minimum absolute atomic E-state index is 0.0568. The Balaban J connectivity index is 1.23. The Morgan fingerprint density at radius 1 is 1.08 bits per heavy atom. The second-order valence-corrected chi connectivity index (χ2v) is 9.62. The summed E-state index contributed by atoms with van der Waals surface area (Å²) in [6.07, 6.45) is 4.73. The first-order chi connectivity index (χ1) is 17.4. The van der Waals surface area contributed by atoms with Crippen LogP contribution in [0.25, 0.3) is 0 Å². The zero-order chi connectivity index (χ0) is 25.2. The van der Waals surface area contributed by atoms with Gasteiger partial charge in [-0.3, -0.25) is 9.59 Å². The molecule has 10 nitrogen and oxygen atoms in total. The number of benzene rings is 1. The van der Waals surface area contributed by atoms with Crippen molar-refractivity contribution in [1.82, 2.24) is 29.9 Å². The number of halogens is 1. The number of hydrogen-bond acceptors (Lipinski definition) is 6. The van der Waals surface area contributed by atoms with E-state index in [1.54, 1.807) is 17.0 Å².